The number of carbonyl (C=O) groups excluding carboxylic acids is 1. The molecule has 1 saturated heterocycles. The largest absolute Gasteiger partial charge is 0.336 e. The highest BCUT2D eigenvalue weighted by molar-refractivity contribution is 5.92. The molecule has 1 amide bonds. The van der Waals surface area contributed by atoms with E-state index < -0.39 is 0 Å². The first-order valence-corrected chi connectivity index (χ1v) is 9.23. The average Bonchev–Trinajstić information content (AvgIpc) is 3.18. The molecule has 4 rings (SSSR count). The van der Waals surface area contributed by atoms with Crippen LogP contribution < -0.4 is 0 Å². The van der Waals surface area contributed by atoms with E-state index in [1.807, 2.05) is 36.4 Å². The van der Waals surface area contributed by atoms with Crippen LogP contribution >= 0.6 is 0 Å². The Labute approximate surface area is 148 Å². The molecular formula is C19H25N5O. The van der Waals surface area contributed by atoms with Crippen LogP contribution in [0, 0.1) is 12.3 Å². The van der Waals surface area contributed by atoms with E-state index in [1.165, 1.54) is 19.3 Å². The van der Waals surface area contributed by atoms with Crippen molar-refractivity contribution >= 4 is 5.91 Å². The van der Waals surface area contributed by atoms with Crippen molar-refractivity contribution in [3.8, 4) is 0 Å². The average molecular weight is 339 g/mol. The Morgan fingerprint density at radius 3 is 2.88 bits per heavy atom. The van der Waals surface area contributed by atoms with E-state index in [-0.39, 0.29) is 17.2 Å². The van der Waals surface area contributed by atoms with Gasteiger partial charge in [0, 0.05) is 31.2 Å². The van der Waals surface area contributed by atoms with Gasteiger partial charge in [-0.25, -0.2) is 4.98 Å². The third-order valence-corrected chi connectivity index (χ3v) is 5.81. The van der Waals surface area contributed by atoms with E-state index in [2.05, 4.69) is 26.7 Å². The summed E-state index contributed by atoms with van der Waals surface area (Å²) in [4.78, 5) is 19.4. The normalized spacial score (nSPS) is 21.5. The summed E-state index contributed by atoms with van der Waals surface area (Å²) in [5, 5.41) is 8.58. The second-order valence-electron chi connectivity index (χ2n) is 7.50. The highest BCUT2D eigenvalue weighted by Gasteiger charge is 2.53. The molecule has 1 aliphatic heterocycles. The molecule has 6 heteroatoms. The molecule has 1 aliphatic carbocycles. The Kier molecular flexibility index (Phi) is 4.06. The maximum Gasteiger partial charge on any atom is 0.272 e. The van der Waals surface area contributed by atoms with Gasteiger partial charge in [-0.15, -0.1) is 10.2 Å². The summed E-state index contributed by atoms with van der Waals surface area (Å²) >= 11 is 0. The van der Waals surface area contributed by atoms with Crippen molar-refractivity contribution in [1.29, 1.82) is 0 Å². The van der Waals surface area contributed by atoms with E-state index in [0.29, 0.717) is 5.69 Å². The molecule has 0 radical (unpaired) electrons. The van der Waals surface area contributed by atoms with Gasteiger partial charge in [0.05, 0.1) is 0 Å². The summed E-state index contributed by atoms with van der Waals surface area (Å²) in [6.45, 7) is 6.55. The fourth-order valence-corrected chi connectivity index (χ4v) is 4.39. The summed E-state index contributed by atoms with van der Waals surface area (Å²) in [6.07, 6.45) is 6.46. The minimum absolute atomic E-state index is 0.0408. The van der Waals surface area contributed by atoms with Crippen LogP contribution in [0.25, 0.3) is 0 Å². The minimum atomic E-state index is 0.0408. The number of likely N-dealkylation sites (tertiary alicyclic amines) is 1. The fraction of sp³-hybridized carbons (Fsp3) is 0.579. The predicted molar refractivity (Wildman–Crippen MR) is 94.2 cm³/mol. The number of amides is 1. The zero-order chi connectivity index (χ0) is 17.4. The number of pyridine rings is 1. The zero-order valence-electron chi connectivity index (χ0n) is 15.0. The van der Waals surface area contributed by atoms with Crippen LogP contribution in [-0.2, 0) is 6.54 Å². The summed E-state index contributed by atoms with van der Waals surface area (Å²) in [6, 6.07) is 5.64. The van der Waals surface area contributed by atoms with Gasteiger partial charge < -0.3 is 9.47 Å². The lowest BCUT2D eigenvalue weighted by Crippen LogP contribution is -2.38. The van der Waals surface area contributed by atoms with E-state index >= 15 is 0 Å². The Morgan fingerprint density at radius 1 is 1.36 bits per heavy atom. The molecule has 1 unspecified atom stereocenters. The number of hydrogen-bond donors (Lipinski definition) is 0. The number of hydrogen-bond acceptors (Lipinski definition) is 4. The Hall–Kier alpha value is -2.24. The minimum Gasteiger partial charge on any atom is -0.336 e. The SMILES string of the molecule is CCCn1cnnc1C1CN(C(=O)c2cccc(C)n2)CC12CCC2. The van der Waals surface area contributed by atoms with Crippen LogP contribution in [0.3, 0.4) is 0 Å². The maximum absolute atomic E-state index is 13.0. The lowest BCUT2D eigenvalue weighted by Gasteiger charge is -2.42. The standard InChI is InChI=1S/C19H25N5O/c1-3-10-23-13-20-22-17(23)15-11-24(12-19(15)8-5-9-19)18(25)16-7-4-6-14(2)21-16/h4,6-7,13,15H,3,5,8-12H2,1-2H3. The molecule has 2 aliphatic rings. The predicted octanol–water partition coefficient (Wildman–Crippen LogP) is 2.80. The molecule has 1 saturated carbocycles. The van der Waals surface area contributed by atoms with Gasteiger partial charge in [0.1, 0.15) is 17.8 Å². The van der Waals surface area contributed by atoms with Crippen molar-refractivity contribution in [3.05, 3.63) is 41.7 Å². The van der Waals surface area contributed by atoms with Gasteiger partial charge in [0.2, 0.25) is 0 Å². The Bertz CT molecular complexity index is 780. The van der Waals surface area contributed by atoms with Crippen molar-refractivity contribution in [2.75, 3.05) is 13.1 Å². The molecule has 1 spiro atoms. The summed E-state index contributed by atoms with van der Waals surface area (Å²) < 4.78 is 2.17. The van der Waals surface area contributed by atoms with Crippen LogP contribution in [0.5, 0.6) is 0 Å². The monoisotopic (exact) mass is 339 g/mol. The molecule has 0 bridgehead atoms. The number of aromatic nitrogens is 4. The smallest absolute Gasteiger partial charge is 0.272 e. The van der Waals surface area contributed by atoms with Crippen molar-refractivity contribution < 1.29 is 4.79 Å². The van der Waals surface area contributed by atoms with Crippen molar-refractivity contribution in [2.45, 2.75) is 52.0 Å². The molecule has 132 valence electrons. The number of rotatable bonds is 4. The zero-order valence-corrected chi connectivity index (χ0v) is 15.0. The second-order valence-corrected chi connectivity index (χ2v) is 7.50. The lowest BCUT2D eigenvalue weighted by molar-refractivity contribution is 0.0717. The quantitative estimate of drug-likeness (QED) is 0.859. The van der Waals surface area contributed by atoms with Crippen molar-refractivity contribution in [1.82, 2.24) is 24.6 Å². The van der Waals surface area contributed by atoms with E-state index in [1.54, 1.807) is 0 Å². The van der Waals surface area contributed by atoms with Gasteiger partial charge in [0.15, 0.2) is 0 Å². The van der Waals surface area contributed by atoms with Gasteiger partial charge in [0.25, 0.3) is 5.91 Å². The summed E-state index contributed by atoms with van der Waals surface area (Å²) in [5.41, 5.74) is 1.60. The first-order chi connectivity index (χ1) is 12.1. The van der Waals surface area contributed by atoms with Crippen molar-refractivity contribution in [3.63, 3.8) is 0 Å². The molecule has 6 nitrogen and oxygen atoms in total. The first-order valence-electron chi connectivity index (χ1n) is 9.23. The van der Waals surface area contributed by atoms with Crippen molar-refractivity contribution in [2.24, 2.45) is 5.41 Å². The third-order valence-electron chi connectivity index (χ3n) is 5.81. The molecule has 25 heavy (non-hydrogen) atoms. The van der Waals surface area contributed by atoms with Crippen LogP contribution in [0.4, 0.5) is 0 Å². The van der Waals surface area contributed by atoms with E-state index in [0.717, 1.165) is 37.6 Å². The fourth-order valence-electron chi connectivity index (χ4n) is 4.39. The first kappa shape index (κ1) is 16.2. The topological polar surface area (TPSA) is 63.9 Å². The summed E-state index contributed by atoms with van der Waals surface area (Å²) in [7, 11) is 0. The second kappa shape index (κ2) is 6.24. The van der Waals surface area contributed by atoms with Gasteiger partial charge >= 0.3 is 0 Å². The van der Waals surface area contributed by atoms with Gasteiger partial charge in [-0.05, 0) is 43.7 Å². The van der Waals surface area contributed by atoms with Gasteiger partial charge in [-0.3, -0.25) is 4.79 Å². The number of aryl methyl sites for hydroxylation is 2. The van der Waals surface area contributed by atoms with E-state index in [9.17, 15) is 4.79 Å². The molecular weight excluding hydrogens is 314 g/mol. The third kappa shape index (κ3) is 2.73. The van der Waals surface area contributed by atoms with Gasteiger partial charge in [-0.1, -0.05) is 19.4 Å². The number of carbonyl (C=O) groups is 1. The molecule has 2 aromatic heterocycles. The Balaban J connectivity index is 1.61. The highest BCUT2D eigenvalue weighted by Crippen LogP contribution is 2.55. The van der Waals surface area contributed by atoms with Crippen LogP contribution in [0.2, 0.25) is 0 Å². The molecule has 2 aromatic rings. The molecule has 0 aromatic carbocycles. The molecule has 3 heterocycles. The Morgan fingerprint density at radius 2 is 2.20 bits per heavy atom. The van der Waals surface area contributed by atoms with Crippen LogP contribution in [0.1, 0.15) is 60.5 Å². The van der Waals surface area contributed by atoms with Crippen LogP contribution in [-0.4, -0.2) is 43.6 Å². The van der Waals surface area contributed by atoms with Crippen LogP contribution in [0.15, 0.2) is 24.5 Å². The molecule has 0 N–H and O–H groups in total. The number of nitrogens with zero attached hydrogens (tertiary/aromatic N) is 5. The highest BCUT2D eigenvalue weighted by atomic mass is 16.2. The molecule has 1 atom stereocenters. The molecule has 2 fully saturated rings. The van der Waals surface area contributed by atoms with Gasteiger partial charge in [-0.2, -0.15) is 0 Å². The lowest BCUT2D eigenvalue weighted by atomic mass is 9.62. The summed E-state index contributed by atoms with van der Waals surface area (Å²) in [5.74, 6) is 1.37. The van der Waals surface area contributed by atoms with E-state index in [4.69, 9.17) is 0 Å². The maximum atomic E-state index is 13.0.